The van der Waals surface area contributed by atoms with E-state index in [0.717, 1.165) is 0 Å². The first-order valence-corrected chi connectivity index (χ1v) is 11.1. The lowest BCUT2D eigenvalue weighted by Gasteiger charge is -2.15. The van der Waals surface area contributed by atoms with Gasteiger partial charge in [0.1, 0.15) is 0 Å². The molecule has 0 saturated heterocycles. The maximum atomic E-state index is 11.8. The molecule has 0 bridgehead atoms. The van der Waals surface area contributed by atoms with Gasteiger partial charge in [0, 0.05) is 45.4 Å². The Kier molecular flexibility index (Phi) is 14.1. The molecule has 0 aliphatic carbocycles. The maximum Gasteiger partial charge on any atom is 0.445 e. The molecule has 0 aliphatic heterocycles. The molecule has 0 radical (unpaired) electrons. The van der Waals surface area contributed by atoms with Gasteiger partial charge in [-0.2, -0.15) is 11.8 Å². The van der Waals surface area contributed by atoms with Gasteiger partial charge in [0.05, 0.1) is 6.21 Å². The van der Waals surface area contributed by atoms with Crippen molar-refractivity contribution in [2.24, 2.45) is 10.3 Å². The molecule has 0 saturated carbocycles. The van der Waals surface area contributed by atoms with Crippen molar-refractivity contribution in [2.75, 3.05) is 51.7 Å². The van der Waals surface area contributed by atoms with Crippen molar-refractivity contribution in [3.8, 4) is 0 Å². The van der Waals surface area contributed by atoms with Crippen LogP contribution in [0.2, 0.25) is 0 Å². The van der Waals surface area contributed by atoms with E-state index < -0.39 is 18.1 Å². The van der Waals surface area contributed by atoms with Crippen molar-refractivity contribution in [3.05, 3.63) is 0 Å². The molecule has 10 nitrogen and oxygen atoms in total. The monoisotopic (exact) mass is 457 g/mol. The van der Waals surface area contributed by atoms with E-state index in [1.807, 2.05) is 6.26 Å². The van der Waals surface area contributed by atoms with Gasteiger partial charge in [0.2, 0.25) is 0 Å². The molecule has 0 aromatic heterocycles. The first-order chi connectivity index (χ1) is 12.7. The zero-order valence-electron chi connectivity index (χ0n) is 15.6. The van der Waals surface area contributed by atoms with Crippen LogP contribution in [0, 0.1) is 0 Å². The van der Waals surface area contributed by atoms with Crippen LogP contribution >= 0.6 is 48.3 Å². The van der Waals surface area contributed by atoms with Gasteiger partial charge in [-0.25, -0.2) is 9.59 Å². The molecule has 3 amide bonds. The van der Waals surface area contributed by atoms with Gasteiger partial charge >= 0.3 is 12.2 Å². The molecular formula is C13H23N5O5S4. The molecule has 0 aromatic rings. The molecule has 0 heterocycles. The van der Waals surface area contributed by atoms with Gasteiger partial charge in [-0.1, -0.05) is 10.3 Å². The van der Waals surface area contributed by atoms with Gasteiger partial charge < -0.3 is 4.90 Å². The smallest absolute Gasteiger partial charge is 0.343 e. The minimum atomic E-state index is -0.751. The Morgan fingerprint density at radius 2 is 1.52 bits per heavy atom. The molecule has 0 N–H and O–H groups in total. The zero-order valence-corrected chi connectivity index (χ0v) is 19.0. The molecular weight excluding hydrogens is 434 g/mol. The summed E-state index contributed by atoms with van der Waals surface area (Å²) in [6.45, 7) is 0. The van der Waals surface area contributed by atoms with Crippen LogP contribution < -0.4 is 0 Å². The Balaban J connectivity index is 4.09. The highest BCUT2D eigenvalue weighted by atomic mass is 32.2. The van der Waals surface area contributed by atoms with Crippen LogP contribution in [0.1, 0.15) is 0 Å². The van der Waals surface area contributed by atoms with E-state index in [9.17, 15) is 14.4 Å². The summed E-state index contributed by atoms with van der Waals surface area (Å²) in [4.78, 5) is 45.5. The highest BCUT2D eigenvalue weighted by molar-refractivity contribution is 8.01. The lowest BCUT2D eigenvalue weighted by Crippen LogP contribution is -2.28. The summed E-state index contributed by atoms with van der Waals surface area (Å²) in [6.07, 6.45) is 2.07. The predicted octanol–water partition coefficient (Wildman–Crippen LogP) is 2.10. The fraction of sp³-hybridized carbons (Fsp3) is 0.615. The molecule has 0 rings (SSSR count). The average molecular weight is 458 g/mol. The molecule has 0 atom stereocenters. The van der Waals surface area contributed by atoms with Crippen molar-refractivity contribution < 1.29 is 24.1 Å². The molecule has 14 heteroatoms. The van der Waals surface area contributed by atoms with E-state index in [2.05, 4.69) is 27.8 Å². The second-order valence-corrected chi connectivity index (χ2v) is 8.50. The number of rotatable bonds is 10. The van der Waals surface area contributed by atoms with Crippen molar-refractivity contribution >= 4 is 77.6 Å². The summed E-state index contributed by atoms with van der Waals surface area (Å²) in [5, 5.41) is 6.70. The second kappa shape index (κ2) is 14.8. The van der Waals surface area contributed by atoms with Crippen LogP contribution in [0.15, 0.2) is 10.3 Å². The van der Waals surface area contributed by atoms with Crippen LogP contribution in [0.25, 0.3) is 0 Å². The standard InChI is InChI=1S/C13H23N5O5S4/c1-16(2)11(19)10(24)15-23-13(21)18(4)27-9-8-26-17(3)12(20)22-14-6-7-25-5/h6H,7-9H2,1-5H3,(H,15,24). The molecule has 0 aromatic carbocycles. The topological polar surface area (TPSA) is 104 Å². The number of thiol groups is 1. The number of carbonyl (C=O) groups is 3. The van der Waals surface area contributed by atoms with E-state index in [-0.39, 0.29) is 5.04 Å². The summed E-state index contributed by atoms with van der Waals surface area (Å²) >= 11 is 7.80. The highest BCUT2D eigenvalue weighted by Gasteiger charge is 2.15. The lowest BCUT2D eigenvalue weighted by molar-refractivity contribution is -0.121. The third kappa shape index (κ3) is 11.9. The molecule has 0 fully saturated rings. The van der Waals surface area contributed by atoms with Crippen LogP contribution in [0.4, 0.5) is 9.59 Å². The molecule has 0 spiro atoms. The number of amides is 3. The SMILES string of the molecule is CSCC=NOC(=O)N(C)SCCSN(C)C(=O)ON=C(S)C(=O)N(C)C. The minimum absolute atomic E-state index is 0.234. The Bertz CT molecular complexity index is 561. The van der Waals surface area contributed by atoms with E-state index >= 15 is 0 Å². The van der Waals surface area contributed by atoms with Crippen LogP contribution in [0.3, 0.4) is 0 Å². The quantitative estimate of drug-likeness (QED) is 0.101. The predicted molar refractivity (Wildman–Crippen MR) is 115 cm³/mol. The number of hydrogen-bond acceptors (Lipinski definition) is 10. The number of hydrogen-bond donors (Lipinski definition) is 1. The van der Waals surface area contributed by atoms with Gasteiger partial charge in [-0.05, 0) is 30.2 Å². The molecule has 0 unspecified atom stereocenters. The van der Waals surface area contributed by atoms with E-state index in [1.54, 1.807) is 18.8 Å². The Morgan fingerprint density at radius 1 is 1.00 bits per heavy atom. The first kappa shape index (κ1) is 25.8. The summed E-state index contributed by atoms with van der Waals surface area (Å²) in [5.41, 5.74) is 0. The third-order valence-electron chi connectivity index (χ3n) is 2.42. The highest BCUT2D eigenvalue weighted by Crippen LogP contribution is 2.15. The van der Waals surface area contributed by atoms with Gasteiger partial charge in [0.15, 0.2) is 5.04 Å². The fourth-order valence-corrected chi connectivity index (χ4v) is 2.95. The Labute approximate surface area is 177 Å². The van der Waals surface area contributed by atoms with Gasteiger partial charge in [0.25, 0.3) is 5.91 Å². The summed E-state index contributed by atoms with van der Waals surface area (Å²) in [7, 11) is 6.11. The normalized spacial score (nSPS) is 11.3. The number of carbonyl (C=O) groups excluding carboxylic acids is 3. The zero-order chi connectivity index (χ0) is 20.8. The second-order valence-electron chi connectivity index (χ2n) is 4.73. The Morgan fingerprint density at radius 3 is 2.00 bits per heavy atom. The van der Waals surface area contributed by atoms with Gasteiger partial charge in [-0.15, -0.1) is 12.6 Å². The fourth-order valence-electron chi connectivity index (χ4n) is 1.08. The Hall–Kier alpha value is -1.25. The van der Waals surface area contributed by atoms with E-state index in [4.69, 9.17) is 4.84 Å². The minimum Gasteiger partial charge on any atom is -0.343 e. The number of oxime groups is 2. The number of nitrogens with zero attached hydrogens (tertiary/aromatic N) is 5. The van der Waals surface area contributed by atoms with Crippen molar-refractivity contribution in [1.82, 2.24) is 13.5 Å². The average Bonchev–Trinajstić information content (AvgIpc) is 2.64. The van der Waals surface area contributed by atoms with E-state index in [1.165, 1.54) is 64.8 Å². The largest absolute Gasteiger partial charge is 0.445 e. The lowest BCUT2D eigenvalue weighted by atomic mass is 10.6. The third-order valence-corrected chi connectivity index (χ3v) is 5.28. The van der Waals surface area contributed by atoms with Crippen LogP contribution in [0.5, 0.6) is 0 Å². The summed E-state index contributed by atoms with van der Waals surface area (Å²) in [6, 6.07) is 0. The molecule has 27 heavy (non-hydrogen) atoms. The van der Waals surface area contributed by atoms with Gasteiger partial charge in [-0.3, -0.25) is 23.1 Å². The summed E-state index contributed by atoms with van der Waals surface area (Å²) < 4.78 is 2.52. The molecule has 154 valence electrons. The van der Waals surface area contributed by atoms with Crippen LogP contribution in [-0.4, -0.2) is 94.6 Å². The first-order valence-electron chi connectivity index (χ1n) is 7.35. The van der Waals surface area contributed by atoms with Crippen molar-refractivity contribution in [2.45, 2.75) is 0 Å². The number of thioether (sulfide) groups is 1. The van der Waals surface area contributed by atoms with Crippen molar-refractivity contribution in [1.29, 1.82) is 0 Å². The summed E-state index contributed by atoms with van der Waals surface area (Å²) in [5.74, 6) is 1.22. The maximum absolute atomic E-state index is 11.8. The van der Waals surface area contributed by atoms with Crippen LogP contribution in [-0.2, 0) is 14.5 Å². The van der Waals surface area contributed by atoms with Crippen molar-refractivity contribution in [3.63, 3.8) is 0 Å². The molecule has 0 aliphatic rings. The van der Waals surface area contributed by atoms with E-state index in [0.29, 0.717) is 17.3 Å².